The molecule has 1 aliphatic rings. The number of likely N-dealkylation sites (tertiary alicyclic amines) is 1. The SMILES string of the molecule is CC(C)N1C[C@@H](C)[C@@H](NC(=O)c2cc(C(F)(F)F)on2)C1. The van der Waals surface area contributed by atoms with Crippen LogP contribution in [0.2, 0.25) is 0 Å². The Morgan fingerprint density at radius 3 is 2.62 bits per heavy atom. The highest BCUT2D eigenvalue weighted by molar-refractivity contribution is 5.92. The number of carbonyl (C=O) groups is 1. The van der Waals surface area contributed by atoms with Crippen LogP contribution in [-0.2, 0) is 6.18 Å². The zero-order chi connectivity index (χ0) is 15.8. The number of hydrogen-bond donors (Lipinski definition) is 1. The van der Waals surface area contributed by atoms with Crippen LogP contribution in [0.25, 0.3) is 0 Å². The zero-order valence-corrected chi connectivity index (χ0v) is 12.1. The van der Waals surface area contributed by atoms with E-state index in [0.29, 0.717) is 18.7 Å². The molecule has 8 heteroatoms. The third-order valence-corrected chi connectivity index (χ3v) is 3.71. The van der Waals surface area contributed by atoms with Crippen LogP contribution < -0.4 is 5.32 Å². The number of hydrogen-bond acceptors (Lipinski definition) is 4. The maximum atomic E-state index is 12.4. The Morgan fingerprint density at radius 2 is 2.14 bits per heavy atom. The first-order valence-corrected chi connectivity index (χ1v) is 6.77. The first kappa shape index (κ1) is 15.8. The Labute approximate surface area is 120 Å². The van der Waals surface area contributed by atoms with Crippen molar-refractivity contribution < 1.29 is 22.5 Å². The Bertz CT molecular complexity index is 513. The predicted molar refractivity (Wildman–Crippen MR) is 68.6 cm³/mol. The Kier molecular flexibility index (Phi) is 4.27. The van der Waals surface area contributed by atoms with Crippen LogP contribution >= 0.6 is 0 Å². The number of aromatic nitrogens is 1. The topological polar surface area (TPSA) is 58.4 Å². The van der Waals surface area contributed by atoms with Gasteiger partial charge in [0.2, 0.25) is 5.76 Å². The van der Waals surface area contributed by atoms with E-state index < -0.39 is 17.8 Å². The maximum Gasteiger partial charge on any atom is 0.452 e. The lowest BCUT2D eigenvalue weighted by molar-refractivity contribution is -0.155. The summed E-state index contributed by atoms with van der Waals surface area (Å²) in [6.45, 7) is 7.63. The monoisotopic (exact) mass is 305 g/mol. The van der Waals surface area contributed by atoms with Crippen molar-refractivity contribution in [3.8, 4) is 0 Å². The number of rotatable bonds is 3. The van der Waals surface area contributed by atoms with Gasteiger partial charge in [-0.05, 0) is 19.8 Å². The van der Waals surface area contributed by atoms with Gasteiger partial charge in [0, 0.05) is 31.2 Å². The molecule has 1 aliphatic heterocycles. The molecule has 2 heterocycles. The molecule has 0 unspecified atom stereocenters. The van der Waals surface area contributed by atoms with Crippen LogP contribution in [0, 0.1) is 5.92 Å². The van der Waals surface area contributed by atoms with Crippen molar-refractivity contribution in [2.45, 2.75) is 39.0 Å². The first-order valence-electron chi connectivity index (χ1n) is 6.77. The fourth-order valence-electron chi connectivity index (χ4n) is 2.37. The molecule has 21 heavy (non-hydrogen) atoms. The molecule has 2 rings (SSSR count). The average Bonchev–Trinajstić information content (AvgIpc) is 2.96. The second-order valence-corrected chi connectivity index (χ2v) is 5.68. The van der Waals surface area contributed by atoms with Crippen LogP contribution in [0.5, 0.6) is 0 Å². The van der Waals surface area contributed by atoms with Gasteiger partial charge < -0.3 is 9.84 Å². The van der Waals surface area contributed by atoms with Crippen molar-refractivity contribution in [3.63, 3.8) is 0 Å². The minimum Gasteiger partial charge on any atom is -0.351 e. The van der Waals surface area contributed by atoms with E-state index in [1.165, 1.54) is 0 Å². The molecule has 1 saturated heterocycles. The summed E-state index contributed by atoms with van der Waals surface area (Å²) in [4.78, 5) is 14.2. The zero-order valence-electron chi connectivity index (χ0n) is 12.1. The molecule has 0 saturated carbocycles. The molecule has 1 N–H and O–H groups in total. The van der Waals surface area contributed by atoms with E-state index in [1.807, 2.05) is 6.92 Å². The van der Waals surface area contributed by atoms with E-state index in [9.17, 15) is 18.0 Å². The molecule has 0 aromatic carbocycles. The lowest BCUT2D eigenvalue weighted by Gasteiger charge is -2.20. The maximum absolute atomic E-state index is 12.4. The second kappa shape index (κ2) is 5.67. The van der Waals surface area contributed by atoms with Crippen LogP contribution in [-0.4, -0.2) is 41.1 Å². The number of halogens is 3. The number of alkyl halides is 3. The lowest BCUT2D eigenvalue weighted by Crippen LogP contribution is -2.40. The molecular formula is C13H18F3N3O2. The summed E-state index contributed by atoms with van der Waals surface area (Å²) in [5, 5.41) is 5.91. The van der Waals surface area contributed by atoms with Crippen molar-refractivity contribution >= 4 is 5.91 Å². The second-order valence-electron chi connectivity index (χ2n) is 5.68. The molecular weight excluding hydrogens is 287 g/mol. The molecule has 5 nitrogen and oxygen atoms in total. The Balaban J connectivity index is 2.00. The van der Waals surface area contributed by atoms with Crippen molar-refractivity contribution in [1.29, 1.82) is 0 Å². The van der Waals surface area contributed by atoms with Crippen molar-refractivity contribution in [2.75, 3.05) is 13.1 Å². The number of nitrogens with zero attached hydrogens (tertiary/aromatic N) is 2. The van der Waals surface area contributed by atoms with E-state index in [0.717, 1.165) is 6.54 Å². The lowest BCUT2D eigenvalue weighted by atomic mass is 10.1. The summed E-state index contributed by atoms with van der Waals surface area (Å²) in [6, 6.07) is 0.874. The fraction of sp³-hybridized carbons (Fsp3) is 0.692. The van der Waals surface area contributed by atoms with Gasteiger partial charge in [-0.2, -0.15) is 13.2 Å². The molecule has 1 aromatic rings. The van der Waals surface area contributed by atoms with Gasteiger partial charge in [-0.3, -0.25) is 9.69 Å². The van der Waals surface area contributed by atoms with Gasteiger partial charge in [-0.15, -0.1) is 0 Å². The minimum absolute atomic E-state index is 0.106. The van der Waals surface area contributed by atoms with Crippen molar-refractivity contribution in [1.82, 2.24) is 15.4 Å². The molecule has 1 aromatic heterocycles. The van der Waals surface area contributed by atoms with Gasteiger partial charge in [0.15, 0.2) is 5.69 Å². The van der Waals surface area contributed by atoms with E-state index in [1.54, 1.807) is 0 Å². The average molecular weight is 305 g/mol. The summed E-state index contributed by atoms with van der Waals surface area (Å²) in [6.07, 6.45) is -4.64. The molecule has 118 valence electrons. The van der Waals surface area contributed by atoms with E-state index in [4.69, 9.17) is 0 Å². The number of amides is 1. The van der Waals surface area contributed by atoms with Gasteiger partial charge in [0.05, 0.1) is 0 Å². The molecule has 2 atom stereocenters. The molecule has 0 bridgehead atoms. The quantitative estimate of drug-likeness (QED) is 0.929. The van der Waals surface area contributed by atoms with Gasteiger partial charge >= 0.3 is 6.18 Å². The smallest absolute Gasteiger partial charge is 0.351 e. The number of carbonyl (C=O) groups excluding carboxylic acids is 1. The number of nitrogens with one attached hydrogen (secondary N) is 1. The predicted octanol–water partition coefficient (Wildman–Crippen LogP) is 2.15. The summed E-state index contributed by atoms with van der Waals surface area (Å²) in [5.41, 5.74) is -0.350. The van der Waals surface area contributed by atoms with E-state index >= 15 is 0 Å². The molecule has 1 amide bonds. The normalized spacial score (nSPS) is 23.8. The summed E-state index contributed by atoms with van der Waals surface area (Å²) in [7, 11) is 0. The summed E-state index contributed by atoms with van der Waals surface area (Å²) in [5.74, 6) is -1.68. The third kappa shape index (κ3) is 3.55. The van der Waals surface area contributed by atoms with Crippen LogP contribution in [0.3, 0.4) is 0 Å². The molecule has 1 fully saturated rings. The van der Waals surface area contributed by atoms with E-state index in [-0.39, 0.29) is 17.7 Å². The third-order valence-electron chi connectivity index (χ3n) is 3.71. The minimum atomic E-state index is -4.64. The Hall–Kier alpha value is -1.57. The molecule has 0 aliphatic carbocycles. The fourth-order valence-corrected chi connectivity index (χ4v) is 2.37. The summed E-state index contributed by atoms with van der Waals surface area (Å²) >= 11 is 0. The van der Waals surface area contributed by atoms with Gasteiger partial charge in [0.1, 0.15) is 0 Å². The van der Waals surface area contributed by atoms with Gasteiger partial charge in [-0.25, -0.2) is 0 Å². The highest BCUT2D eigenvalue weighted by Crippen LogP contribution is 2.29. The van der Waals surface area contributed by atoms with Gasteiger partial charge in [0.25, 0.3) is 5.91 Å². The Morgan fingerprint density at radius 1 is 1.48 bits per heavy atom. The van der Waals surface area contributed by atoms with Crippen LogP contribution in [0.1, 0.15) is 37.0 Å². The van der Waals surface area contributed by atoms with Crippen LogP contribution in [0.15, 0.2) is 10.6 Å². The summed E-state index contributed by atoms with van der Waals surface area (Å²) < 4.78 is 41.4. The standard InChI is InChI=1S/C13H18F3N3O2/c1-7(2)19-5-8(3)10(6-19)17-12(20)9-4-11(21-18-9)13(14,15)16/h4,7-8,10H,5-6H2,1-3H3,(H,17,20)/t8-,10+/m1/s1. The van der Waals surface area contributed by atoms with Gasteiger partial charge in [-0.1, -0.05) is 12.1 Å². The first-order chi connectivity index (χ1) is 9.68. The highest BCUT2D eigenvalue weighted by atomic mass is 19.4. The van der Waals surface area contributed by atoms with Crippen LogP contribution in [0.4, 0.5) is 13.2 Å². The van der Waals surface area contributed by atoms with Crippen molar-refractivity contribution in [3.05, 3.63) is 17.5 Å². The largest absolute Gasteiger partial charge is 0.452 e. The van der Waals surface area contributed by atoms with E-state index in [2.05, 4.69) is 33.7 Å². The molecule has 0 radical (unpaired) electrons. The molecule has 0 spiro atoms. The van der Waals surface area contributed by atoms with Crippen molar-refractivity contribution in [2.24, 2.45) is 5.92 Å². The highest BCUT2D eigenvalue weighted by Gasteiger charge is 2.37.